The molecule has 0 spiro atoms. The van der Waals surface area contributed by atoms with Crippen LogP contribution in [0.3, 0.4) is 0 Å². The van der Waals surface area contributed by atoms with E-state index in [1.807, 2.05) is 0 Å². The van der Waals surface area contributed by atoms with Gasteiger partial charge in [0, 0.05) is 17.9 Å². The van der Waals surface area contributed by atoms with Gasteiger partial charge in [0.1, 0.15) is 17.9 Å². The Bertz CT molecular complexity index is 479. The number of hydrogen-bond acceptors (Lipinski definition) is 6. The van der Waals surface area contributed by atoms with Crippen LogP contribution >= 0.6 is 0 Å². The maximum absolute atomic E-state index is 11.8. The van der Waals surface area contributed by atoms with E-state index in [9.17, 15) is 14.7 Å². The SMILES string of the molecule is CC1(N=[N+]=[N-])CN([C@H]2C[C@H](O)[C@@H](CO)O2)C(=O)NC1=O. The zero-order valence-electron chi connectivity index (χ0n) is 10.8. The van der Waals surface area contributed by atoms with Gasteiger partial charge in [-0.05, 0) is 12.5 Å². The zero-order chi connectivity index (χ0) is 14.9. The predicted molar refractivity (Wildman–Crippen MR) is 64.2 cm³/mol. The third-order valence-electron chi connectivity index (χ3n) is 3.45. The molecule has 2 aliphatic rings. The van der Waals surface area contributed by atoms with Crippen molar-refractivity contribution in [3.63, 3.8) is 0 Å². The number of aliphatic hydroxyl groups excluding tert-OH is 2. The largest absolute Gasteiger partial charge is 0.394 e. The first-order chi connectivity index (χ1) is 9.41. The van der Waals surface area contributed by atoms with Crippen LogP contribution in [0.15, 0.2) is 5.11 Å². The number of carbonyl (C=O) groups is 2. The maximum Gasteiger partial charge on any atom is 0.326 e. The van der Waals surface area contributed by atoms with Crippen molar-refractivity contribution in [3.8, 4) is 0 Å². The second-order valence-corrected chi connectivity index (χ2v) is 4.97. The minimum absolute atomic E-state index is 0.110. The third kappa shape index (κ3) is 2.41. The highest BCUT2D eigenvalue weighted by Gasteiger charge is 2.47. The maximum atomic E-state index is 11.8. The zero-order valence-corrected chi connectivity index (χ0v) is 10.8. The molecule has 2 saturated heterocycles. The van der Waals surface area contributed by atoms with Gasteiger partial charge < -0.3 is 14.9 Å². The lowest BCUT2D eigenvalue weighted by Crippen LogP contribution is -2.64. The molecule has 3 amide bonds. The van der Waals surface area contributed by atoms with Crippen LogP contribution in [0.25, 0.3) is 10.4 Å². The highest BCUT2D eigenvalue weighted by atomic mass is 16.5. The molecule has 0 aromatic carbocycles. The van der Waals surface area contributed by atoms with Gasteiger partial charge >= 0.3 is 6.03 Å². The minimum Gasteiger partial charge on any atom is -0.394 e. The van der Waals surface area contributed by atoms with Crippen LogP contribution in [0.4, 0.5) is 4.79 Å². The summed E-state index contributed by atoms with van der Waals surface area (Å²) in [4.78, 5) is 27.3. The summed E-state index contributed by atoms with van der Waals surface area (Å²) >= 11 is 0. The predicted octanol–water partition coefficient (Wildman–Crippen LogP) is -0.925. The molecule has 2 aliphatic heterocycles. The molecule has 10 nitrogen and oxygen atoms in total. The third-order valence-corrected chi connectivity index (χ3v) is 3.45. The fraction of sp³-hybridized carbons (Fsp3) is 0.800. The molecule has 110 valence electrons. The van der Waals surface area contributed by atoms with Gasteiger partial charge in [-0.3, -0.25) is 15.0 Å². The van der Waals surface area contributed by atoms with Gasteiger partial charge in [-0.1, -0.05) is 5.11 Å². The van der Waals surface area contributed by atoms with Crippen molar-refractivity contribution in [3.05, 3.63) is 10.4 Å². The number of hydrogen-bond donors (Lipinski definition) is 3. The lowest BCUT2D eigenvalue weighted by Gasteiger charge is -2.38. The van der Waals surface area contributed by atoms with Crippen LogP contribution in [0.2, 0.25) is 0 Å². The first-order valence-corrected chi connectivity index (χ1v) is 6.04. The molecule has 2 heterocycles. The van der Waals surface area contributed by atoms with E-state index in [1.165, 1.54) is 11.8 Å². The van der Waals surface area contributed by atoms with Crippen molar-refractivity contribution in [1.29, 1.82) is 0 Å². The van der Waals surface area contributed by atoms with E-state index >= 15 is 0 Å². The second kappa shape index (κ2) is 5.25. The molecule has 3 N–H and O–H groups in total. The van der Waals surface area contributed by atoms with Gasteiger partial charge in [0.25, 0.3) is 0 Å². The molecule has 2 fully saturated rings. The summed E-state index contributed by atoms with van der Waals surface area (Å²) in [5.41, 5.74) is 7.08. The Kier molecular flexibility index (Phi) is 3.82. The number of carbonyl (C=O) groups excluding carboxylic acids is 2. The molecule has 10 heteroatoms. The molecular weight excluding hydrogens is 270 g/mol. The van der Waals surface area contributed by atoms with Gasteiger partial charge in [0.15, 0.2) is 0 Å². The molecule has 0 aromatic rings. The number of azide groups is 1. The molecule has 4 atom stereocenters. The number of aliphatic hydroxyl groups is 2. The average molecular weight is 285 g/mol. The Morgan fingerprint density at radius 2 is 2.35 bits per heavy atom. The molecular formula is C10H15N5O5. The van der Waals surface area contributed by atoms with Crippen molar-refractivity contribution < 1.29 is 24.5 Å². The van der Waals surface area contributed by atoms with Gasteiger partial charge in [0.2, 0.25) is 5.91 Å². The molecule has 0 aliphatic carbocycles. The molecule has 0 aromatic heterocycles. The van der Waals surface area contributed by atoms with Crippen molar-refractivity contribution in [2.45, 2.75) is 37.3 Å². The van der Waals surface area contributed by atoms with Crippen LogP contribution < -0.4 is 5.32 Å². The normalized spacial score (nSPS) is 37.5. The van der Waals surface area contributed by atoms with Crippen molar-refractivity contribution in [1.82, 2.24) is 10.2 Å². The van der Waals surface area contributed by atoms with E-state index in [4.69, 9.17) is 15.4 Å². The molecule has 1 unspecified atom stereocenters. The number of rotatable bonds is 3. The molecule has 0 saturated carbocycles. The fourth-order valence-corrected chi connectivity index (χ4v) is 2.26. The lowest BCUT2D eigenvalue weighted by atomic mass is 9.99. The van der Waals surface area contributed by atoms with E-state index in [-0.39, 0.29) is 19.6 Å². The summed E-state index contributed by atoms with van der Waals surface area (Å²) < 4.78 is 5.36. The van der Waals surface area contributed by atoms with Gasteiger partial charge in [0.05, 0.1) is 12.7 Å². The van der Waals surface area contributed by atoms with Gasteiger partial charge in [-0.25, -0.2) is 4.79 Å². The highest BCUT2D eigenvalue weighted by Crippen LogP contribution is 2.27. The Balaban J connectivity index is 2.18. The monoisotopic (exact) mass is 285 g/mol. The van der Waals surface area contributed by atoms with Crippen molar-refractivity contribution in [2.24, 2.45) is 5.11 Å². The first-order valence-electron chi connectivity index (χ1n) is 6.04. The van der Waals surface area contributed by atoms with Crippen LogP contribution in [-0.2, 0) is 9.53 Å². The molecule has 20 heavy (non-hydrogen) atoms. The molecule has 0 bridgehead atoms. The standard InChI is InChI=1S/C10H15N5O5/c1-10(13-14-11)4-15(9(19)12-8(10)18)7-2-5(17)6(3-16)20-7/h5-7,16-17H,2-4H2,1H3,(H,12,18,19)/t5-,6+,7+,10?/m0/s1. The van der Waals surface area contributed by atoms with Crippen LogP contribution in [-0.4, -0.2) is 64.2 Å². The van der Waals surface area contributed by atoms with Gasteiger partial charge in [-0.2, -0.15) is 0 Å². The second-order valence-electron chi connectivity index (χ2n) is 4.97. The highest BCUT2D eigenvalue weighted by molar-refractivity contribution is 6.02. The Hall–Kier alpha value is -1.87. The quantitative estimate of drug-likeness (QED) is 0.348. The van der Waals surface area contributed by atoms with Crippen molar-refractivity contribution in [2.75, 3.05) is 13.2 Å². The smallest absolute Gasteiger partial charge is 0.326 e. The van der Waals surface area contributed by atoms with E-state index in [1.54, 1.807) is 0 Å². The Morgan fingerprint density at radius 3 is 2.90 bits per heavy atom. The first kappa shape index (κ1) is 14.5. The topological polar surface area (TPSA) is 148 Å². The Labute approximate surface area is 113 Å². The van der Waals surface area contributed by atoms with E-state index in [2.05, 4.69) is 15.3 Å². The minimum atomic E-state index is -1.44. The van der Waals surface area contributed by atoms with Crippen LogP contribution in [0.1, 0.15) is 13.3 Å². The van der Waals surface area contributed by atoms with Gasteiger partial charge in [-0.15, -0.1) is 0 Å². The summed E-state index contributed by atoms with van der Waals surface area (Å²) in [5, 5.41) is 24.2. The van der Waals surface area contributed by atoms with Crippen LogP contribution in [0.5, 0.6) is 0 Å². The summed E-state index contributed by atoms with van der Waals surface area (Å²) in [6, 6.07) is -0.684. The number of ether oxygens (including phenoxy) is 1. The summed E-state index contributed by atoms with van der Waals surface area (Å²) in [5.74, 6) is -0.686. The van der Waals surface area contributed by atoms with Crippen molar-refractivity contribution >= 4 is 11.9 Å². The average Bonchev–Trinajstić information content (AvgIpc) is 2.76. The number of imide groups is 1. The summed E-state index contributed by atoms with van der Waals surface area (Å²) in [6.45, 7) is 0.868. The lowest BCUT2D eigenvalue weighted by molar-refractivity contribution is -0.130. The van der Waals surface area contributed by atoms with Crippen LogP contribution in [0, 0.1) is 0 Å². The Morgan fingerprint density at radius 1 is 1.65 bits per heavy atom. The number of nitrogens with one attached hydrogen (secondary N) is 1. The summed E-state index contributed by atoms with van der Waals surface area (Å²) in [6.07, 6.45) is -2.36. The fourth-order valence-electron chi connectivity index (χ4n) is 2.26. The number of amides is 3. The van der Waals surface area contributed by atoms with E-state index in [0.29, 0.717) is 0 Å². The molecule has 0 radical (unpaired) electrons. The summed E-state index contributed by atoms with van der Waals surface area (Å²) in [7, 11) is 0. The number of urea groups is 1. The van der Waals surface area contributed by atoms with E-state index < -0.39 is 35.9 Å². The number of nitrogens with zero attached hydrogens (tertiary/aromatic N) is 4. The van der Waals surface area contributed by atoms with E-state index in [0.717, 1.165) is 0 Å². The molecule has 2 rings (SSSR count).